The average molecular weight is 395 g/mol. The van der Waals surface area contributed by atoms with Crippen molar-refractivity contribution in [1.82, 2.24) is 0 Å². The van der Waals surface area contributed by atoms with Gasteiger partial charge in [-0.25, -0.2) is 0 Å². The molecule has 0 amide bonds. The van der Waals surface area contributed by atoms with E-state index in [0.717, 1.165) is 43.4 Å². The predicted octanol–water partition coefficient (Wildman–Crippen LogP) is 8.50. The summed E-state index contributed by atoms with van der Waals surface area (Å²) in [7, 11) is 0. The quantitative estimate of drug-likeness (QED) is 0.132. The van der Waals surface area contributed by atoms with Gasteiger partial charge in [0, 0.05) is 6.42 Å². The second kappa shape index (κ2) is 18.3. The Morgan fingerprint density at radius 2 is 1.36 bits per heavy atom. The van der Waals surface area contributed by atoms with Crippen molar-refractivity contribution >= 4 is 5.97 Å². The summed E-state index contributed by atoms with van der Waals surface area (Å²) < 4.78 is 5.29. The van der Waals surface area contributed by atoms with Crippen molar-refractivity contribution in [2.45, 2.75) is 125 Å². The van der Waals surface area contributed by atoms with E-state index in [2.05, 4.69) is 47.6 Å². The number of carbonyl (C=O) groups is 1. The summed E-state index contributed by atoms with van der Waals surface area (Å²) >= 11 is 0. The van der Waals surface area contributed by atoms with Crippen LogP contribution in [0.25, 0.3) is 0 Å². The molecule has 0 unspecified atom stereocenters. The van der Waals surface area contributed by atoms with Crippen molar-refractivity contribution < 1.29 is 9.53 Å². The van der Waals surface area contributed by atoms with Crippen LogP contribution in [0.4, 0.5) is 0 Å². The third-order valence-electron chi connectivity index (χ3n) is 5.80. The molecular formula is C26H50O2. The van der Waals surface area contributed by atoms with Gasteiger partial charge in [-0.05, 0) is 50.0 Å². The third kappa shape index (κ3) is 18.6. The van der Waals surface area contributed by atoms with Gasteiger partial charge >= 0.3 is 5.97 Å². The first-order chi connectivity index (χ1) is 13.3. The first-order valence-corrected chi connectivity index (χ1v) is 12.2. The number of hydrogen-bond donors (Lipinski definition) is 0. The molecule has 0 saturated heterocycles. The molecule has 0 bridgehead atoms. The minimum atomic E-state index is -0.0513. The van der Waals surface area contributed by atoms with Crippen molar-refractivity contribution in [3.05, 3.63) is 11.6 Å². The van der Waals surface area contributed by atoms with Gasteiger partial charge in [-0.3, -0.25) is 4.79 Å². The Bertz CT molecular complexity index is 397. The number of rotatable bonds is 18. The van der Waals surface area contributed by atoms with Crippen LogP contribution in [0.5, 0.6) is 0 Å². The fourth-order valence-electron chi connectivity index (χ4n) is 3.68. The lowest BCUT2D eigenvalue weighted by Crippen LogP contribution is -2.04. The molecule has 2 nitrogen and oxygen atoms in total. The van der Waals surface area contributed by atoms with Crippen LogP contribution in [0.15, 0.2) is 11.6 Å². The zero-order valence-corrected chi connectivity index (χ0v) is 20.0. The molecule has 0 aliphatic carbocycles. The molecule has 0 spiro atoms. The molecule has 28 heavy (non-hydrogen) atoms. The van der Waals surface area contributed by atoms with Crippen molar-refractivity contribution in [2.24, 2.45) is 17.8 Å². The zero-order chi connectivity index (χ0) is 21.2. The first-order valence-electron chi connectivity index (χ1n) is 12.2. The fourth-order valence-corrected chi connectivity index (χ4v) is 3.68. The lowest BCUT2D eigenvalue weighted by atomic mass is 9.91. The summed E-state index contributed by atoms with van der Waals surface area (Å²) in [6.45, 7) is 14.2. The molecule has 2 heteroatoms. The minimum Gasteiger partial charge on any atom is -0.461 e. The van der Waals surface area contributed by atoms with E-state index < -0.39 is 0 Å². The summed E-state index contributed by atoms with van der Waals surface area (Å²) in [5.74, 6) is 2.51. The fraction of sp³-hybridized carbons (Fsp3) is 0.885. The maximum absolute atomic E-state index is 11.6. The van der Waals surface area contributed by atoms with E-state index in [1.165, 1.54) is 56.9 Å². The van der Waals surface area contributed by atoms with E-state index in [1.807, 2.05) is 0 Å². The standard InChI is InChI=1S/C26H50O2/c1-7-8-9-19-26(27)28-21-20-25(6)18-12-17-24(5)16-11-15-23(4)14-10-13-22(2)3/h20,22-24H,7-19,21H2,1-6H3/b25-20+/t23-,24-/m1/s1. The second-order valence-electron chi connectivity index (χ2n) is 9.55. The van der Waals surface area contributed by atoms with Gasteiger partial charge in [0.05, 0.1) is 0 Å². The minimum absolute atomic E-state index is 0.0513. The Morgan fingerprint density at radius 1 is 0.786 bits per heavy atom. The van der Waals surface area contributed by atoms with E-state index in [-0.39, 0.29) is 5.97 Å². The van der Waals surface area contributed by atoms with Crippen LogP contribution in [0, 0.1) is 17.8 Å². The van der Waals surface area contributed by atoms with Crippen LogP contribution in [0.3, 0.4) is 0 Å². The predicted molar refractivity (Wildman–Crippen MR) is 124 cm³/mol. The Kier molecular flexibility index (Phi) is 17.7. The Morgan fingerprint density at radius 3 is 1.93 bits per heavy atom. The Labute approximate surface area is 176 Å². The highest BCUT2D eigenvalue weighted by molar-refractivity contribution is 5.69. The molecular weight excluding hydrogens is 344 g/mol. The molecule has 0 N–H and O–H groups in total. The molecule has 0 aromatic rings. The number of ether oxygens (including phenoxy) is 1. The normalized spacial score (nSPS) is 14.3. The van der Waals surface area contributed by atoms with Gasteiger partial charge in [0.2, 0.25) is 0 Å². The lowest BCUT2D eigenvalue weighted by molar-refractivity contribution is -0.142. The molecule has 0 saturated carbocycles. The number of esters is 1. The molecule has 166 valence electrons. The summed E-state index contributed by atoms with van der Waals surface area (Å²) in [4.78, 5) is 11.6. The number of carbonyl (C=O) groups excluding carboxylic acids is 1. The van der Waals surface area contributed by atoms with Crippen LogP contribution in [-0.2, 0) is 9.53 Å². The summed E-state index contributed by atoms with van der Waals surface area (Å²) in [5, 5.41) is 0. The van der Waals surface area contributed by atoms with E-state index >= 15 is 0 Å². The summed E-state index contributed by atoms with van der Waals surface area (Å²) in [6.07, 6.45) is 17.9. The molecule has 0 aliphatic heterocycles. The van der Waals surface area contributed by atoms with Gasteiger partial charge in [-0.1, -0.05) is 98.0 Å². The van der Waals surface area contributed by atoms with Gasteiger partial charge in [0.1, 0.15) is 6.61 Å². The highest BCUT2D eigenvalue weighted by Gasteiger charge is 2.07. The highest BCUT2D eigenvalue weighted by atomic mass is 16.5. The summed E-state index contributed by atoms with van der Waals surface area (Å²) in [5.41, 5.74) is 1.35. The maximum Gasteiger partial charge on any atom is 0.306 e. The number of hydrogen-bond acceptors (Lipinski definition) is 2. The number of allylic oxidation sites excluding steroid dienone is 1. The molecule has 0 fully saturated rings. The van der Waals surface area contributed by atoms with Crippen LogP contribution >= 0.6 is 0 Å². The summed E-state index contributed by atoms with van der Waals surface area (Å²) in [6, 6.07) is 0. The molecule has 0 radical (unpaired) electrons. The largest absolute Gasteiger partial charge is 0.461 e. The van der Waals surface area contributed by atoms with Crippen molar-refractivity contribution in [3.8, 4) is 0 Å². The molecule has 0 rings (SSSR count). The van der Waals surface area contributed by atoms with E-state index in [0.29, 0.717) is 13.0 Å². The molecule has 2 atom stereocenters. The SMILES string of the molecule is CCCCCC(=O)OC/C=C(\C)CCC[C@H](C)CCC[C@H](C)CCCC(C)C. The van der Waals surface area contributed by atoms with E-state index in [1.54, 1.807) is 0 Å². The van der Waals surface area contributed by atoms with Crippen LogP contribution in [0.2, 0.25) is 0 Å². The second-order valence-corrected chi connectivity index (χ2v) is 9.55. The average Bonchev–Trinajstić information content (AvgIpc) is 2.61. The lowest BCUT2D eigenvalue weighted by Gasteiger charge is -2.15. The van der Waals surface area contributed by atoms with Crippen molar-refractivity contribution in [2.75, 3.05) is 6.61 Å². The van der Waals surface area contributed by atoms with Gasteiger partial charge in [0.15, 0.2) is 0 Å². The molecule has 0 aliphatic rings. The third-order valence-corrected chi connectivity index (χ3v) is 5.80. The van der Waals surface area contributed by atoms with Gasteiger partial charge in [-0.2, -0.15) is 0 Å². The smallest absolute Gasteiger partial charge is 0.306 e. The Hall–Kier alpha value is -0.790. The first kappa shape index (κ1) is 27.2. The highest BCUT2D eigenvalue weighted by Crippen LogP contribution is 2.22. The number of unbranched alkanes of at least 4 members (excludes halogenated alkanes) is 2. The van der Waals surface area contributed by atoms with E-state index in [9.17, 15) is 4.79 Å². The molecule has 0 aromatic carbocycles. The zero-order valence-electron chi connectivity index (χ0n) is 20.0. The Balaban J connectivity index is 3.67. The van der Waals surface area contributed by atoms with Crippen LogP contribution < -0.4 is 0 Å². The monoisotopic (exact) mass is 394 g/mol. The topological polar surface area (TPSA) is 26.3 Å². The van der Waals surface area contributed by atoms with Crippen molar-refractivity contribution in [3.63, 3.8) is 0 Å². The maximum atomic E-state index is 11.6. The van der Waals surface area contributed by atoms with Crippen molar-refractivity contribution in [1.29, 1.82) is 0 Å². The van der Waals surface area contributed by atoms with Gasteiger partial charge in [0.25, 0.3) is 0 Å². The molecule has 0 aromatic heterocycles. The van der Waals surface area contributed by atoms with Gasteiger partial charge < -0.3 is 4.74 Å². The van der Waals surface area contributed by atoms with Crippen LogP contribution in [-0.4, -0.2) is 12.6 Å². The van der Waals surface area contributed by atoms with E-state index in [4.69, 9.17) is 4.74 Å². The van der Waals surface area contributed by atoms with Gasteiger partial charge in [-0.15, -0.1) is 0 Å². The van der Waals surface area contributed by atoms with Crippen LogP contribution in [0.1, 0.15) is 125 Å². The molecule has 0 heterocycles.